The van der Waals surface area contributed by atoms with E-state index in [0.29, 0.717) is 0 Å². The Bertz CT molecular complexity index is 1170. The lowest BCUT2D eigenvalue weighted by molar-refractivity contribution is 0.590. The van der Waals surface area contributed by atoms with E-state index in [2.05, 4.69) is 99.8 Å². The molecule has 0 radical (unpaired) electrons. The Labute approximate surface area is 185 Å². The normalized spacial score (nSPS) is 11.7. The summed E-state index contributed by atoms with van der Waals surface area (Å²) in [5.74, 6) is 0. The molecule has 3 aromatic carbocycles. The fraction of sp³-hybridized carbons (Fsp3) is 0.214. The van der Waals surface area contributed by atoms with Crippen LogP contribution < -0.4 is 0 Å². The van der Waals surface area contributed by atoms with Crippen molar-refractivity contribution in [3.8, 4) is 28.1 Å². The number of aromatic nitrogens is 1. The number of hydrogen-bond acceptors (Lipinski definition) is 0. The van der Waals surface area contributed by atoms with E-state index in [4.69, 9.17) is 11.6 Å². The van der Waals surface area contributed by atoms with Crippen LogP contribution in [0.25, 0.3) is 28.1 Å². The van der Waals surface area contributed by atoms with Crippen molar-refractivity contribution in [2.45, 2.75) is 40.0 Å². The zero-order valence-corrected chi connectivity index (χ0v) is 19.1. The SMILES string of the molecule is Cc1ccc(-c2c(-c3cccc(Cl)c3)cc(C)n2-c2ccc(C(C)(C)C)cc2)cc1. The van der Waals surface area contributed by atoms with E-state index in [1.54, 1.807) is 0 Å². The zero-order valence-electron chi connectivity index (χ0n) is 18.3. The molecule has 4 rings (SSSR count). The second kappa shape index (κ2) is 7.81. The van der Waals surface area contributed by atoms with Crippen molar-refractivity contribution in [3.63, 3.8) is 0 Å². The first-order chi connectivity index (χ1) is 14.2. The summed E-state index contributed by atoms with van der Waals surface area (Å²) in [6.45, 7) is 11.0. The molecule has 4 aromatic rings. The molecule has 0 saturated carbocycles. The highest BCUT2D eigenvalue weighted by Crippen LogP contribution is 2.38. The van der Waals surface area contributed by atoms with Crippen molar-refractivity contribution in [1.29, 1.82) is 0 Å². The lowest BCUT2D eigenvalue weighted by Crippen LogP contribution is -2.11. The molecule has 0 bridgehead atoms. The predicted molar refractivity (Wildman–Crippen MR) is 130 cm³/mol. The van der Waals surface area contributed by atoms with Crippen LogP contribution in [-0.2, 0) is 5.41 Å². The molecule has 152 valence electrons. The summed E-state index contributed by atoms with van der Waals surface area (Å²) < 4.78 is 2.35. The summed E-state index contributed by atoms with van der Waals surface area (Å²) in [6.07, 6.45) is 0. The summed E-state index contributed by atoms with van der Waals surface area (Å²) >= 11 is 6.33. The smallest absolute Gasteiger partial charge is 0.0609 e. The highest BCUT2D eigenvalue weighted by Gasteiger charge is 2.19. The van der Waals surface area contributed by atoms with Gasteiger partial charge in [0.1, 0.15) is 0 Å². The quantitative estimate of drug-likeness (QED) is 0.317. The number of benzene rings is 3. The molecule has 2 heteroatoms. The van der Waals surface area contributed by atoms with Gasteiger partial charge in [0, 0.05) is 22.0 Å². The van der Waals surface area contributed by atoms with Gasteiger partial charge in [0.15, 0.2) is 0 Å². The monoisotopic (exact) mass is 413 g/mol. The number of rotatable bonds is 3. The largest absolute Gasteiger partial charge is 0.313 e. The van der Waals surface area contributed by atoms with Crippen molar-refractivity contribution >= 4 is 11.6 Å². The Hall–Kier alpha value is -2.77. The van der Waals surface area contributed by atoms with Gasteiger partial charge in [0.2, 0.25) is 0 Å². The average molecular weight is 414 g/mol. The maximum absolute atomic E-state index is 6.33. The fourth-order valence-electron chi connectivity index (χ4n) is 3.95. The van der Waals surface area contributed by atoms with Gasteiger partial charge in [-0.3, -0.25) is 0 Å². The Morgan fingerprint density at radius 3 is 2.00 bits per heavy atom. The van der Waals surface area contributed by atoms with Crippen LogP contribution >= 0.6 is 11.6 Å². The van der Waals surface area contributed by atoms with Crippen LogP contribution in [0.2, 0.25) is 5.02 Å². The highest BCUT2D eigenvalue weighted by atomic mass is 35.5. The molecule has 0 unspecified atom stereocenters. The third-order valence-corrected chi connectivity index (χ3v) is 5.87. The number of nitrogens with zero attached hydrogens (tertiary/aromatic N) is 1. The second-order valence-electron chi connectivity index (χ2n) is 9.06. The Balaban J connectivity index is 1.95. The van der Waals surface area contributed by atoms with E-state index >= 15 is 0 Å². The van der Waals surface area contributed by atoms with Gasteiger partial charge >= 0.3 is 0 Å². The third kappa shape index (κ3) is 3.95. The molecule has 0 N–H and O–H groups in total. The molecule has 0 atom stereocenters. The van der Waals surface area contributed by atoms with E-state index in [-0.39, 0.29) is 5.41 Å². The summed E-state index contributed by atoms with van der Waals surface area (Å²) in [4.78, 5) is 0. The molecular formula is C28H28ClN. The van der Waals surface area contributed by atoms with E-state index in [0.717, 1.165) is 10.6 Å². The molecular weight excluding hydrogens is 386 g/mol. The zero-order chi connectivity index (χ0) is 21.5. The number of aryl methyl sites for hydroxylation is 2. The van der Waals surface area contributed by atoms with Crippen LogP contribution in [0.1, 0.15) is 37.6 Å². The second-order valence-corrected chi connectivity index (χ2v) is 9.49. The molecule has 1 nitrogen and oxygen atoms in total. The van der Waals surface area contributed by atoms with Crippen molar-refractivity contribution in [1.82, 2.24) is 4.57 Å². The van der Waals surface area contributed by atoms with Crippen molar-refractivity contribution in [2.24, 2.45) is 0 Å². The van der Waals surface area contributed by atoms with Crippen molar-refractivity contribution < 1.29 is 0 Å². The molecule has 0 aliphatic rings. The van der Waals surface area contributed by atoms with Gasteiger partial charge in [0.25, 0.3) is 0 Å². The Kier molecular flexibility index (Phi) is 5.34. The maximum Gasteiger partial charge on any atom is 0.0609 e. The van der Waals surface area contributed by atoms with Crippen LogP contribution in [0.15, 0.2) is 78.9 Å². The summed E-state index contributed by atoms with van der Waals surface area (Å²) in [7, 11) is 0. The van der Waals surface area contributed by atoms with E-state index in [1.807, 2.05) is 18.2 Å². The van der Waals surface area contributed by atoms with Gasteiger partial charge in [-0.25, -0.2) is 0 Å². The molecule has 0 amide bonds. The van der Waals surface area contributed by atoms with E-state index in [9.17, 15) is 0 Å². The Morgan fingerprint density at radius 1 is 0.733 bits per heavy atom. The first-order valence-corrected chi connectivity index (χ1v) is 10.8. The molecule has 0 aliphatic heterocycles. The maximum atomic E-state index is 6.33. The van der Waals surface area contributed by atoms with Gasteiger partial charge in [0.05, 0.1) is 5.69 Å². The van der Waals surface area contributed by atoms with Crippen LogP contribution in [0, 0.1) is 13.8 Å². The van der Waals surface area contributed by atoms with Crippen LogP contribution in [0.5, 0.6) is 0 Å². The van der Waals surface area contributed by atoms with Crippen LogP contribution in [0.3, 0.4) is 0 Å². The third-order valence-electron chi connectivity index (χ3n) is 5.64. The average Bonchev–Trinajstić information content (AvgIpc) is 3.05. The van der Waals surface area contributed by atoms with Crippen LogP contribution in [-0.4, -0.2) is 4.57 Å². The van der Waals surface area contributed by atoms with Gasteiger partial charge in [-0.05, 0) is 66.3 Å². The van der Waals surface area contributed by atoms with Gasteiger partial charge in [-0.15, -0.1) is 0 Å². The van der Waals surface area contributed by atoms with Gasteiger partial charge < -0.3 is 4.57 Å². The molecule has 0 fully saturated rings. The summed E-state index contributed by atoms with van der Waals surface area (Å²) in [5.41, 5.74) is 9.81. The van der Waals surface area contributed by atoms with Gasteiger partial charge in [-0.2, -0.15) is 0 Å². The minimum Gasteiger partial charge on any atom is -0.313 e. The lowest BCUT2D eigenvalue weighted by atomic mass is 9.87. The standard InChI is InChI=1S/C28H28ClN/c1-19-9-11-21(12-10-19)27-26(22-7-6-8-24(29)18-22)17-20(2)30(27)25-15-13-23(14-16-25)28(3,4)5/h6-18H,1-5H3. The summed E-state index contributed by atoms with van der Waals surface area (Å²) in [5, 5.41) is 0.752. The fourth-order valence-corrected chi connectivity index (χ4v) is 4.14. The summed E-state index contributed by atoms with van der Waals surface area (Å²) in [6, 6.07) is 28.1. The van der Waals surface area contributed by atoms with Crippen molar-refractivity contribution in [3.05, 3.63) is 101 Å². The highest BCUT2D eigenvalue weighted by molar-refractivity contribution is 6.30. The molecule has 1 heterocycles. The first kappa shape index (κ1) is 20.5. The van der Waals surface area contributed by atoms with E-state index in [1.165, 1.54) is 39.3 Å². The van der Waals surface area contributed by atoms with E-state index < -0.39 is 0 Å². The van der Waals surface area contributed by atoms with Crippen molar-refractivity contribution in [2.75, 3.05) is 0 Å². The predicted octanol–water partition coefficient (Wildman–Crippen LogP) is 8.38. The molecule has 0 spiro atoms. The molecule has 1 aromatic heterocycles. The minimum absolute atomic E-state index is 0.135. The lowest BCUT2D eigenvalue weighted by Gasteiger charge is -2.20. The van der Waals surface area contributed by atoms with Gasteiger partial charge in [-0.1, -0.05) is 86.5 Å². The molecule has 0 saturated heterocycles. The molecule has 0 aliphatic carbocycles. The number of halogens is 1. The topological polar surface area (TPSA) is 4.93 Å². The van der Waals surface area contributed by atoms with Crippen LogP contribution in [0.4, 0.5) is 0 Å². The first-order valence-electron chi connectivity index (χ1n) is 10.4. The molecule has 30 heavy (non-hydrogen) atoms. The number of hydrogen-bond donors (Lipinski definition) is 0. The Morgan fingerprint density at radius 2 is 1.40 bits per heavy atom. The minimum atomic E-state index is 0.135.